The number of carbonyl (C=O) groups excluding carboxylic acids is 1. The molecule has 3 nitrogen and oxygen atoms in total. The van der Waals surface area contributed by atoms with Gasteiger partial charge < -0.3 is 10.1 Å². The van der Waals surface area contributed by atoms with Gasteiger partial charge in [-0.25, -0.2) is 0 Å². The molecule has 1 fully saturated rings. The molecule has 0 aromatic rings. The smallest absolute Gasteiger partial charge is 0.309 e. The Morgan fingerprint density at radius 2 is 1.88 bits per heavy atom. The summed E-state index contributed by atoms with van der Waals surface area (Å²) in [5.41, 5.74) is 0. The van der Waals surface area contributed by atoms with Crippen molar-refractivity contribution in [2.45, 2.75) is 59.0 Å². The molecule has 0 radical (unpaired) electrons. The van der Waals surface area contributed by atoms with Crippen LogP contribution in [0.15, 0.2) is 0 Å². The molecule has 1 rings (SSSR count). The second kappa shape index (κ2) is 6.39. The van der Waals surface area contributed by atoms with Gasteiger partial charge in [0.25, 0.3) is 0 Å². The molecule has 3 heteroatoms. The van der Waals surface area contributed by atoms with Crippen molar-refractivity contribution in [2.24, 2.45) is 17.8 Å². The van der Waals surface area contributed by atoms with Crippen molar-refractivity contribution in [3.63, 3.8) is 0 Å². The highest BCUT2D eigenvalue weighted by Gasteiger charge is 2.28. The fourth-order valence-electron chi connectivity index (χ4n) is 2.61. The minimum Gasteiger partial charge on any atom is -0.469 e. The summed E-state index contributed by atoms with van der Waals surface area (Å²) in [5.74, 6) is 1.42. The molecule has 0 amide bonds. The van der Waals surface area contributed by atoms with Crippen LogP contribution in [0.25, 0.3) is 0 Å². The fourth-order valence-corrected chi connectivity index (χ4v) is 2.61. The average Bonchev–Trinajstić information content (AvgIpc) is 2.31. The van der Waals surface area contributed by atoms with E-state index in [2.05, 4.69) is 26.1 Å². The highest BCUT2D eigenvalue weighted by atomic mass is 16.5. The van der Waals surface area contributed by atoms with E-state index in [1.807, 2.05) is 6.92 Å². The molecular weight excluding hydrogens is 214 g/mol. The van der Waals surface area contributed by atoms with Crippen LogP contribution >= 0.6 is 0 Å². The summed E-state index contributed by atoms with van der Waals surface area (Å²) in [7, 11) is 1.45. The van der Waals surface area contributed by atoms with E-state index in [4.69, 9.17) is 4.74 Å². The zero-order valence-corrected chi connectivity index (χ0v) is 11.8. The molecule has 0 spiro atoms. The van der Waals surface area contributed by atoms with E-state index in [9.17, 15) is 4.79 Å². The summed E-state index contributed by atoms with van der Waals surface area (Å²) in [6.45, 7) is 8.66. The first-order chi connectivity index (χ1) is 7.95. The predicted molar refractivity (Wildman–Crippen MR) is 69.7 cm³/mol. The number of ether oxygens (including phenoxy) is 1. The molecule has 0 saturated heterocycles. The highest BCUT2D eigenvalue weighted by molar-refractivity contribution is 5.72. The first-order valence-corrected chi connectivity index (χ1v) is 6.79. The predicted octanol–water partition coefficient (Wildman–Crippen LogP) is 2.60. The quantitative estimate of drug-likeness (QED) is 0.769. The molecule has 1 N–H and O–H groups in total. The number of nitrogens with one attached hydrogen (secondary N) is 1. The second-order valence-electron chi connectivity index (χ2n) is 5.73. The lowest BCUT2D eigenvalue weighted by Crippen LogP contribution is -2.45. The zero-order chi connectivity index (χ0) is 13.0. The molecule has 100 valence electrons. The number of carbonyl (C=O) groups is 1. The summed E-state index contributed by atoms with van der Waals surface area (Å²) in [5, 5.41) is 3.58. The van der Waals surface area contributed by atoms with Crippen LogP contribution in [0.1, 0.15) is 47.0 Å². The van der Waals surface area contributed by atoms with Crippen molar-refractivity contribution >= 4 is 5.97 Å². The van der Waals surface area contributed by atoms with Crippen LogP contribution in [0, 0.1) is 17.8 Å². The second-order valence-corrected chi connectivity index (χ2v) is 5.73. The third-order valence-electron chi connectivity index (χ3n) is 4.42. The Kier molecular flexibility index (Phi) is 5.44. The maximum absolute atomic E-state index is 11.4. The van der Waals surface area contributed by atoms with Crippen LogP contribution in [0.5, 0.6) is 0 Å². The lowest BCUT2D eigenvalue weighted by atomic mass is 9.79. The third-order valence-corrected chi connectivity index (χ3v) is 4.42. The Labute approximate surface area is 105 Å². The van der Waals surface area contributed by atoms with Gasteiger partial charge in [0.05, 0.1) is 13.0 Å². The fraction of sp³-hybridized carbons (Fsp3) is 0.929. The number of esters is 1. The van der Waals surface area contributed by atoms with Gasteiger partial charge in [0, 0.05) is 12.1 Å². The Balaban J connectivity index is 2.41. The van der Waals surface area contributed by atoms with Crippen LogP contribution in [-0.2, 0) is 9.53 Å². The molecule has 0 aromatic carbocycles. The summed E-state index contributed by atoms with van der Waals surface area (Å²) >= 11 is 0. The van der Waals surface area contributed by atoms with E-state index < -0.39 is 0 Å². The third kappa shape index (κ3) is 3.98. The van der Waals surface area contributed by atoms with Crippen LogP contribution in [0.2, 0.25) is 0 Å². The van der Waals surface area contributed by atoms with Crippen LogP contribution in [0.3, 0.4) is 0 Å². The minimum atomic E-state index is -0.123. The van der Waals surface area contributed by atoms with E-state index in [1.165, 1.54) is 26.4 Å². The van der Waals surface area contributed by atoms with Crippen LogP contribution < -0.4 is 5.32 Å². The molecule has 1 aliphatic rings. The molecule has 0 bridgehead atoms. The minimum absolute atomic E-state index is 0.0744. The monoisotopic (exact) mass is 241 g/mol. The van der Waals surface area contributed by atoms with Gasteiger partial charge >= 0.3 is 5.97 Å². The maximum atomic E-state index is 11.4. The normalized spacial score (nSPS) is 32.9. The van der Waals surface area contributed by atoms with Gasteiger partial charge in [-0.1, -0.05) is 20.8 Å². The first-order valence-electron chi connectivity index (χ1n) is 6.79. The molecule has 0 aliphatic heterocycles. The van der Waals surface area contributed by atoms with E-state index in [1.54, 1.807) is 0 Å². The van der Waals surface area contributed by atoms with E-state index >= 15 is 0 Å². The topological polar surface area (TPSA) is 38.3 Å². The Morgan fingerprint density at radius 1 is 1.24 bits per heavy atom. The van der Waals surface area contributed by atoms with Gasteiger partial charge in [-0.3, -0.25) is 4.79 Å². The number of hydrogen-bond donors (Lipinski definition) is 1. The Morgan fingerprint density at radius 3 is 2.41 bits per heavy atom. The van der Waals surface area contributed by atoms with Gasteiger partial charge in [-0.15, -0.1) is 0 Å². The van der Waals surface area contributed by atoms with Gasteiger partial charge in [-0.2, -0.15) is 0 Å². The lowest BCUT2D eigenvalue weighted by molar-refractivity contribution is -0.145. The van der Waals surface area contributed by atoms with Gasteiger partial charge in [0.2, 0.25) is 0 Å². The molecular formula is C14H27NO2. The SMILES string of the molecule is COC(=O)C(C)C(C)NC1CCC(C)C(C)C1. The molecule has 0 aromatic heterocycles. The Bertz CT molecular complexity index is 255. The Hall–Kier alpha value is -0.570. The van der Waals surface area contributed by atoms with Crippen LogP contribution in [0.4, 0.5) is 0 Å². The van der Waals surface area contributed by atoms with Gasteiger partial charge in [0.15, 0.2) is 0 Å². The van der Waals surface area contributed by atoms with Crippen LogP contribution in [-0.4, -0.2) is 25.2 Å². The summed E-state index contributed by atoms with van der Waals surface area (Å²) in [4.78, 5) is 11.4. The summed E-state index contributed by atoms with van der Waals surface area (Å²) in [6.07, 6.45) is 3.74. The molecule has 1 aliphatic carbocycles. The summed E-state index contributed by atoms with van der Waals surface area (Å²) < 4.78 is 4.78. The zero-order valence-electron chi connectivity index (χ0n) is 11.8. The molecule has 1 saturated carbocycles. The van der Waals surface area contributed by atoms with E-state index in [0.29, 0.717) is 6.04 Å². The van der Waals surface area contributed by atoms with Crippen molar-refractivity contribution in [1.82, 2.24) is 5.32 Å². The van der Waals surface area contributed by atoms with E-state index in [0.717, 1.165) is 11.8 Å². The van der Waals surface area contributed by atoms with E-state index in [-0.39, 0.29) is 17.9 Å². The number of rotatable bonds is 4. The molecule has 5 unspecified atom stereocenters. The standard InChI is InChI=1S/C14H27NO2/c1-9-6-7-13(8-10(9)2)15-12(4)11(3)14(16)17-5/h9-13,15H,6-8H2,1-5H3. The summed E-state index contributed by atoms with van der Waals surface area (Å²) in [6, 6.07) is 0.747. The number of hydrogen-bond acceptors (Lipinski definition) is 3. The average molecular weight is 241 g/mol. The van der Waals surface area contributed by atoms with Crippen molar-refractivity contribution < 1.29 is 9.53 Å². The first kappa shape index (κ1) is 14.5. The van der Waals surface area contributed by atoms with Gasteiger partial charge in [-0.05, 0) is 38.0 Å². The van der Waals surface area contributed by atoms with Crippen molar-refractivity contribution in [1.29, 1.82) is 0 Å². The maximum Gasteiger partial charge on any atom is 0.309 e. The lowest BCUT2D eigenvalue weighted by Gasteiger charge is -2.35. The number of methoxy groups -OCH3 is 1. The molecule has 17 heavy (non-hydrogen) atoms. The molecule has 5 atom stereocenters. The van der Waals surface area contributed by atoms with Crippen molar-refractivity contribution in [3.8, 4) is 0 Å². The largest absolute Gasteiger partial charge is 0.469 e. The highest BCUT2D eigenvalue weighted by Crippen LogP contribution is 2.29. The molecule has 0 heterocycles. The van der Waals surface area contributed by atoms with Gasteiger partial charge in [0.1, 0.15) is 0 Å². The van der Waals surface area contributed by atoms with Crippen molar-refractivity contribution in [3.05, 3.63) is 0 Å². The van der Waals surface area contributed by atoms with Crippen molar-refractivity contribution in [2.75, 3.05) is 7.11 Å².